The van der Waals surface area contributed by atoms with Gasteiger partial charge in [-0.1, -0.05) is 13.8 Å². The molecule has 1 atom stereocenters. The van der Waals surface area contributed by atoms with Crippen LogP contribution < -0.4 is 0 Å². The Balaban J connectivity index is 3.61. The molecule has 0 aromatic heterocycles. The van der Waals surface area contributed by atoms with Gasteiger partial charge in [0.1, 0.15) is 0 Å². The van der Waals surface area contributed by atoms with Crippen LogP contribution in [0.25, 0.3) is 0 Å². The molecule has 0 saturated heterocycles. The molecule has 0 bridgehead atoms. The van der Waals surface area contributed by atoms with Crippen LogP contribution in [0.3, 0.4) is 0 Å². The van der Waals surface area contributed by atoms with Crippen LogP contribution in [0.5, 0.6) is 0 Å². The minimum Gasteiger partial charge on any atom is -0.391 e. The Morgan fingerprint density at radius 2 is 1.71 bits per heavy atom. The van der Waals surface area contributed by atoms with E-state index in [0.29, 0.717) is 19.1 Å². The zero-order valence-electron chi connectivity index (χ0n) is 10.0. The second-order valence-electron chi connectivity index (χ2n) is 4.83. The molecule has 0 rings (SSSR count). The maximum absolute atomic E-state index is 9.06. The summed E-state index contributed by atoms with van der Waals surface area (Å²) in [6.45, 7) is 11.6. The highest BCUT2D eigenvalue weighted by molar-refractivity contribution is 4.68. The van der Waals surface area contributed by atoms with Crippen molar-refractivity contribution >= 4 is 0 Å². The van der Waals surface area contributed by atoms with Gasteiger partial charge in [-0.2, -0.15) is 0 Å². The van der Waals surface area contributed by atoms with Gasteiger partial charge in [-0.3, -0.25) is 0 Å². The van der Waals surface area contributed by atoms with Gasteiger partial charge in [-0.25, -0.2) is 0 Å². The van der Waals surface area contributed by atoms with E-state index < -0.39 is 6.10 Å². The smallest absolute Gasteiger partial charge is 0.0860 e. The predicted molar refractivity (Wildman–Crippen MR) is 57.4 cm³/mol. The third-order valence-electron chi connectivity index (χ3n) is 1.62. The summed E-state index contributed by atoms with van der Waals surface area (Å²) >= 11 is 0. The van der Waals surface area contributed by atoms with E-state index in [4.69, 9.17) is 14.6 Å². The number of ether oxygens (including phenoxy) is 2. The van der Waals surface area contributed by atoms with Crippen molar-refractivity contribution in [3.8, 4) is 0 Å². The van der Waals surface area contributed by atoms with Crippen LogP contribution in [0.2, 0.25) is 0 Å². The average Bonchev–Trinajstić information content (AvgIpc) is 2.00. The lowest BCUT2D eigenvalue weighted by Crippen LogP contribution is -2.34. The summed E-state index contributed by atoms with van der Waals surface area (Å²) in [5.41, 5.74) is -0.314. The largest absolute Gasteiger partial charge is 0.391 e. The Bertz CT molecular complexity index is 141. The summed E-state index contributed by atoms with van der Waals surface area (Å²) in [5, 5.41) is 9.06. The Hall–Kier alpha value is -0.120. The van der Waals surface area contributed by atoms with Crippen LogP contribution in [0.15, 0.2) is 0 Å². The molecule has 0 fully saturated rings. The Labute approximate surface area is 87.4 Å². The van der Waals surface area contributed by atoms with Gasteiger partial charge in [0.2, 0.25) is 0 Å². The molecule has 86 valence electrons. The first kappa shape index (κ1) is 13.9. The molecule has 0 radical (unpaired) electrons. The van der Waals surface area contributed by atoms with E-state index in [1.807, 2.05) is 13.8 Å². The molecular formula is C11H24O3. The van der Waals surface area contributed by atoms with Crippen molar-refractivity contribution in [3.63, 3.8) is 0 Å². The van der Waals surface area contributed by atoms with Gasteiger partial charge in [0, 0.05) is 6.61 Å². The Morgan fingerprint density at radius 1 is 1.14 bits per heavy atom. The van der Waals surface area contributed by atoms with Crippen molar-refractivity contribution in [2.45, 2.75) is 46.3 Å². The van der Waals surface area contributed by atoms with Crippen LogP contribution in [-0.2, 0) is 9.47 Å². The number of aliphatic hydroxyl groups excluding tert-OH is 1. The topological polar surface area (TPSA) is 38.7 Å². The number of rotatable bonds is 7. The van der Waals surface area contributed by atoms with E-state index in [9.17, 15) is 0 Å². The van der Waals surface area contributed by atoms with Gasteiger partial charge in [-0.05, 0) is 26.7 Å². The lowest BCUT2D eigenvalue weighted by atomic mass is 10.1. The number of hydrogen-bond donors (Lipinski definition) is 1. The summed E-state index contributed by atoms with van der Waals surface area (Å²) in [6.07, 6.45) is -0.417. The highest BCUT2D eigenvalue weighted by Gasteiger charge is 2.19. The van der Waals surface area contributed by atoms with Gasteiger partial charge in [0.25, 0.3) is 0 Å². The van der Waals surface area contributed by atoms with Crippen LogP contribution in [0, 0.1) is 5.92 Å². The maximum Gasteiger partial charge on any atom is 0.0860 e. The molecule has 0 heterocycles. The van der Waals surface area contributed by atoms with Gasteiger partial charge in [0.05, 0.1) is 24.9 Å². The van der Waals surface area contributed by atoms with Crippen molar-refractivity contribution in [2.75, 3.05) is 19.8 Å². The standard InChI is InChI=1S/C11H24O3/c1-9(2)6-13-8-11(4,5)14-7-10(3)12/h9-10,12H,6-8H2,1-5H3. The maximum atomic E-state index is 9.06. The lowest BCUT2D eigenvalue weighted by Gasteiger charge is -2.26. The summed E-state index contributed by atoms with van der Waals surface area (Å²) in [7, 11) is 0. The van der Waals surface area contributed by atoms with Crippen LogP contribution in [0.1, 0.15) is 34.6 Å². The number of hydrogen-bond acceptors (Lipinski definition) is 3. The normalized spacial score (nSPS) is 14.8. The second kappa shape index (κ2) is 6.38. The molecule has 14 heavy (non-hydrogen) atoms. The molecule has 0 amide bonds. The average molecular weight is 204 g/mol. The van der Waals surface area contributed by atoms with E-state index in [1.165, 1.54) is 0 Å². The number of aliphatic hydroxyl groups is 1. The highest BCUT2D eigenvalue weighted by atomic mass is 16.5. The lowest BCUT2D eigenvalue weighted by molar-refractivity contribution is -0.0989. The first-order valence-electron chi connectivity index (χ1n) is 5.23. The minimum absolute atomic E-state index is 0.314. The Kier molecular flexibility index (Phi) is 6.33. The van der Waals surface area contributed by atoms with E-state index >= 15 is 0 Å². The van der Waals surface area contributed by atoms with E-state index in [-0.39, 0.29) is 5.60 Å². The monoisotopic (exact) mass is 204 g/mol. The molecule has 3 heteroatoms. The summed E-state index contributed by atoms with van der Waals surface area (Å²) in [6, 6.07) is 0. The molecule has 0 spiro atoms. The summed E-state index contributed by atoms with van der Waals surface area (Å²) < 4.78 is 11.0. The fraction of sp³-hybridized carbons (Fsp3) is 1.00. The van der Waals surface area contributed by atoms with Crippen LogP contribution >= 0.6 is 0 Å². The SMILES string of the molecule is CC(C)COCC(C)(C)OCC(C)O. The molecule has 0 aliphatic carbocycles. The first-order chi connectivity index (χ1) is 6.33. The van der Waals surface area contributed by atoms with Crippen LogP contribution in [-0.4, -0.2) is 36.6 Å². The fourth-order valence-electron chi connectivity index (χ4n) is 0.928. The summed E-state index contributed by atoms with van der Waals surface area (Å²) in [5.74, 6) is 0.544. The molecule has 3 nitrogen and oxygen atoms in total. The molecule has 1 unspecified atom stereocenters. The second-order valence-corrected chi connectivity index (χ2v) is 4.83. The molecule has 0 saturated carbocycles. The van der Waals surface area contributed by atoms with Crippen molar-refractivity contribution < 1.29 is 14.6 Å². The quantitative estimate of drug-likeness (QED) is 0.687. The molecule has 0 aromatic rings. The molecule has 0 aliphatic rings. The van der Waals surface area contributed by atoms with E-state index in [0.717, 1.165) is 6.61 Å². The van der Waals surface area contributed by atoms with E-state index in [1.54, 1.807) is 6.92 Å². The van der Waals surface area contributed by atoms with Crippen molar-refractivity contribution in [1.82, 2.24) is 0 Å². The van der Waals surface area contributed by atoms with Crippen molar-refractivity contribution in [2.24, 2.45) is 5.92 Å². The van der Waals surface area contributed by atoms with Gasteiger partial charge in [-0.15, -0.1) is 0 Å². The third-order valence-corrected chi connectivity index (χ3v) is 1.62. The fourth-order valence-corrected chi connectivity index (χ4v) is 0.928. The molecular weight excluding hydrogens is 180 g/mol. The molecule has 0 aliphatic heterocycles. The van der Waals surface area contributed by atoms with Crippen molar-refractivity contribution in [1.29, 1.82) is 0 Å². The Morgan fingerprint density at radius 3 is 2.14 bits per heavy atom. The minimum atomic E-state index is -0.417. The zero-order chi connectivity index (χ0) is 11.2. The first-order valence-corrected chi connectivity index (χ1v) is 5.23. The predicted octanol–water partition coefficient (Wildman–Crippen LogP) is 1.83. The van der Waals surface area contributed by atoms with Gasteiger partial charge >= 0.3 is 0 Å². The molecule has 1 N–H and O–H groups in total. The highest BCUT2D eigenvalue weighted by Crippen LogP contribution is 2.10. The third kappa shape index (κ3) is 8.48. The molecule has 0 aromatic carbocycles. The zero-order valence-corrected chi connectivity index (χ0v) is 10.0. The van der Waals surface area contributed by atoms with Gasteiger partial charge in [0.15, 0.2) is 0 Å². The van der Waals surface area contributed by atoms with Crippen molar-refractivity contribution in [3.05, 3.63) is 0 Å². The summed E-state index contributed by atoms with van der Waals surface area (Å²) in [4.78, 5) is 0. The van der Waals surface area contributed by atoms with Gasteiger partial charge < -0.3 is 14.6 Å². The van der Waals surface area contributed by atoms with Crippen LogP contribution in [0.4, 0.5) is 0 Å². The van der Waals surface area contributed by atoms with E-state index in [2.05, 4.69) is 13.8 Å².